The number of ether oxygens (including phenoxy) is 1. The van der Waals surface area contributed by atoms with Crippen molar-refractivity contribution in [1.29, 1.82) is 0 Å². The maximum absolute atomic E-state index is 14.7. The standard InChI is InChI=1S/C35H53N3O4/c1-23(2)17-19-26(5)38(30(31(39)37-34(6,7)8)28-20-18-24(3)25(4)21-28)32(40)29(22-27-15-13-12-14-16-27)36-33(41)42-35(9,10)11/h12-16,18,20-21,23,26,29-30H,17,19,22H2,1-11H3,(H,36,41)(H,37,39). The van der Waals surface area contributed by atoms with Crippen molar-refractivity contribution in [3.8, 4) is 0 Å². The highest BCUT2D eigenvalue weighted by Gasteiger charge is 2.40. The van der Waals surface area contributed by atoms with Crippen molar-refractivity contribution in [3.05, 3.63) is 70.8 Å². The molecule has 7 nitrogen and oxygen atoms in total. The van der Waals surface area contributed by atoms with Gasteiger partial charge in [-0.15, -0.1) is 0 Å². The summed E-state index contributed by atoms with van der Waals surface area (Å²) >= 11 is 0. The number of hydrogen-bond donors (Lipinski definition) is 2. The number of carbonyl (C=O) groups excluding carboxylic acids is 3. The second-order valence-electron chi connectivity index (χ2n) is 13.9. The predicted octanol–water partition coefficient (Wildman–Crippen LogP) is 7.05. The molecule has 0 saturated carbocycles. The molecule has 0 saturated heterocycles. The minimum atomic E-state index is -0.944. The lowest BCUT2D eigenvalue weighted by atomic mass is 9.93. The van der Waals surface area contributed by atoms with Gasteiger partial charge in [-0.25, -0.2) is 4.79 Å². The summed E-state index contributed by atoms with van der Waals surface area (Å²) in [5.74, 6) is -0.160. The van der Waals surface area contributed by atoms with Crippen LogP contribution in [0.15, 0.2) is 48.5 Å². The van der Waals surface area contributed by atoms with Crippen LogP contribution >= 0.6 is 0 Å². The topological polar surface area (TPSA) is 87.7 Å². The number of rotatable bonds is 11. The highest BCUT2D eigenvalue weighted by Crippen LogP contribution is 2.30. The summed E-state index contributed by atoms with van der Waals surface area (Å²) in [5, 5.41) is 5.97. The highest BCUT2D eigenvalue weighted by atomic mass is 16.6. The first-order valence-corrected chi connectivity index (χ1v) is 15.1. The third kappa shape index (κ3) is 11.1. The maximum atomic E-state index is 14.7. The molecule has 3 unspecified atom stereocenters. The third-order valence-electron chi connectivity index (χ3n) is 7.03. The third-order valence-corrected chi connectivity index (χ3v) is 7.03. The summed E-state index contributed by atoms with van der Waals surface area (Å²) in [6, 6.07) is 13.4. The first-order chi connectivity index (χ1) is 19.4. The highest BCUT2D eigenvalue weighted by molar-refractivity contribution is 5.92. The van der Waals surface area contributed by atoms with Crippen LogP contribution in [0.25, 0.3) is 0 Å². The van der Waals surface area contributed by atoms with Crippen LogP contribution in [0, 0.1) is 19.8 Å². The van der Waals surface area contributed by atoms with Gasteiger partial charge in [-0.05, 0) is 103 Å². The Morgan fingerprint density at radius 3 is 2.00 bits per heavy atom. The largest absolute Gasteiger partial charge is 0.444 e. The Hall–Kier alpha value is -3.35. The zero-order chi connectivity index (χ0) is 31.8. The Balaban J connectivity index is 2.69. The van der Waals surface area contributed by atoms with Crippen LogP contribution in [0.5, 0.6) is 0 Å². The molecule has 3 amide bonds. The van der Waals surface area contributed by atoms with Gasteiger partial charge in [0.25, 0.3) is 0 Å². The van der Waals surface area contributed by atoms with E-state index in [9.17, 15) is 14.4 Å². The second-order valence-corrected chi connectivity index (χ2v) is 13.9. The average Bonchev–Trinajstić information content (AvgIpc) is 2.85. The molecule has 2 N–H and O–H groups in total. The van der Waals surface area contributed by atoms with E-state index in [0.717, 1.165) is 28.7 Å². The second kappa shape index (κ2) is 14.7. The van der Waals surface area contributed by atoms with Gasteiger partial charge < -0.3 is 20.3 Å². The lowest BCUT2D eigenvalue weighted by Gasteiger charge is -2.40. The number of benzene rings is 2. The van der Waals surface area contributed by atoms with Crippen molar-refractivity contribution in [2.45, 2.75) is 125 Å². The lowest BCUT2D eigenvalue weighted by Crippen LogP contribution is -2.57. The van der Waals surface area contributed by atoms with Crippen molar-refractivity contribution in [2.24, 2.45) is 5.92 Å². The normalized spacial score (nSPS) is 14.1. The van der Waals surface area contributed by atoms with E-state index < -0.39 is 29.3 Å². The minimum Gasteiger partial charge on any atom is -0.444 e. The Kier molecular flexibility index (Phi) is 12.2. The number of alkyl carbamates (subject to hydrolysis) is 1. The van der Waals surface area contributed by atoms with E-state index >= 15 is 0 Å². The van der Waals surface area contributed by atoms with E-state index in [0.29, 0.717) is 12.3 Å². The molecule has 0 bridgehead atoms. The van der Waals surface area contributed by atoms with E-state index in [1.54, 1.807) is 25.7 Å². The quantitative estimate of drug-likeness (QED) is 0.299. The van der Waals surface area contributed by atoms with Crippen LogP contribution in [0.2, 0.25) is 0 Å². The fraction of sp³-hybridized carbons (Fsp3) is 0.571. The van der Waals surface area contributed by atoms with Gasteiger partial charge in [0, 0.05) is 18.0 Å². The number of nitrogens with one attached hydrogen (secondary N) is 2. The number of aryl methyl sites for hydroxylation is 2. The molecule has 232 valence electrons. The smallest absolute Gasteiger partial charge is 0.408 e. The van der Waals surface area contributed by atoms with Crippen LogP contribution in [0.4, 0.5) is 4.79 Å². The van der Waals surface area contributed by atoms with Crippen LogP contribution < -0.4 is 10.6 Å². The Bertz CT molecular complexity index is 1190. The first kappa shape index (κ1) is 34.8. The van der Waals surface area contributed by atoms with Gasteiger partial charge in [0.2, 0.25) is 11.8 Å². The van der Waals surface area contributed by atoms with Gasteiger partial charge in [-0.1, -0.05) is 62.4 Å². The maximum Gasteiger partial charge on any atom is 0.408 e. The summed E-state index contributed by atoms with van der Waals surface area (Å²) in [6.07, 6.45) is 1.17. The van der Waals surface area contributed by atoms with Gasteiger partial charge in [0.05, 0.1) is 0 Å². The van der Waals surface area contributed by atoms with Gasteiger partial charge in [-0.3, -0.25) is 9.59 Å². The van der Waals surface area contributed by atoms with Gasteiger partial charge in [0.15, 0.2) is 0 Å². The Morgan fingerprint density at radius 2 is 1.48 bits per heavy atom. The van der Waals surface area contributed by atoms with E-state index in [1.165, 1.54) is 0 Å². The summed E-state index contributed by atoms with van der Waals surface area (Å²) < 4.78 is 5.56. The molecule has 0 aromatic heterocycles. The summed E-state index contributed by atoms with van der Waals surface area (Å²) in [7, 11) is 0. The fourth-order valence-corrected chi connectivity index (χ4v) is 4.80. The molecule has 0 heterocycles. The van der Waals surface area contributed by atoms with Crippen LogP contribution in [0.3, 0.4) is 0 Å². The van der Waals surface area contributed by atoms with Crippen LogP contribution in [0.1, 0.15) is 103 Å². The Morgan fingerprint density at radius 1 is 0.857 bits per heavy atom. The van der Waals surface area contributed by atoms with Gasteiger partial charge in [-0.2, -0.15) is 0 Å². The summed E-state index contributed by atoms with van der Waals surface area (Å²) in [4.78, 5) is 43.6. The van der Waals surface area contributed by atoms with Crippen LogP contribution in [-0.2, 0) is 20.7 Å². The zero-order valence-corrected chi connectivity index (χ0v) is 27.6. The zero-order valence-electron chi connectivity index (χ0n) is 27.6. The molecule has 0 spiro atoms. The molecular formula is C35H53N3O4. The molecule has 42 heavy (non-hydrogen) atoms. The van der Waals surface area contributed by atoms with E-state index in [1.807, 2.05) is 90.1 Å². The molecule has 0 radical (unpaired) electrons. The SMILES string of the molecule is Cc1ccc(C(C(=O)NC(C)(C)C)N(C(=O)C(Cc2ccccc2)NC(=O)OC(C)(C)C)C(C)CCC(C)C)cc1C. The number of amides is 3. The van der Waals surface area contributed by atoms with E-state index in [4.69, 9.17) is 4.74 Å². The first-order valence-electron chi connectivity index (χ1n) is 15.1. The predicted molar refractivity (Wildman–Crippen MR) is 170 cm³/mol. The molecule has 2 rings (SSSR count). The molecule has 2 aromatic carbocycles. The van der Waals surface area contributed by atoms with Crippen molar-refractivity contribution >= 4 is 17.9 Å². The van der Waals surface area contributed by atoms with E-state index in [-0.39, 0.29) is 24.3 Å². The average molecular weight is 580 g/mol. The molecule has 0 aliphatic heterocycles. The molecule has 0 aliphatic carbocycles. The van der Waals surface area contributed by atoms with Crippen LogP contribution in [-0.4, -0.2) is 46.0 Å². The fourth-order valence-electron chi connectivity index (χ4n) is 4.80. The van der Waals surface area contributed by atoms with Crippen molar-refractivity contribution < 1.29 is 19.1 Å². The number of hydrogen-bond acceptors (Lipinski definition) is 4. The molecule has 7 heteroatoms. The summed E-state index contributed by atoms with van der Waals surface area (Å²) in [5.41, 5.74) is 2.53. The minimum absolute atomic E-state index is 0.257. The van der Waals surface area contributed by atoms with Gasteiger partial charge >= 0.3 is 6.09 Å². The molecular weight excluding hydrogens is 526 g/mol. The van der Waals surface area contributed by atoms with Gasteiger partial charge in [0.1, 0.15) is 17.7 Å². The monoisotopic (exact) mass is 579 g/mol. The lowest BCUT2D eigenvalue weighted by molar-refractivity contribution is -0.145. The molecule has 2 aromatic rings. The Labute approximate surface area is 253 Å². The van der Waals surface area contributed by atoms with E-state index in [2.05, 4.69) is 24.5 Å². The number of carbonyl (C=O) groups is 3. The van der Waals surface area contributed by atoms with Crippen molar-refractivity contribution in [3.63, 3.8) is 0 Å². The molecule has 3 atom stereocenters. The molecule has 0 fully saturated rings. The summed E-state index contributed by atoms with van der Waals surface area (Å²) in [6.45, 7) is 21.5. The number of nitrogens with zero attached hydrogens (tertiary/aromatic N) is 1. The molecule has 0 aliphatic rings. The van der Waals surface area contributed by atoms with Crippen molar-refractivity contribution in [1.82, 2.24) is 15.5 Å². The van der Waals surface area contributed by atoms with Crippen molar-refractivity contribution in [2.75, 3.05) is 0 Å².